The van der Waals surface area contributed by atoms with Gasteiger partial charge in [0.15, 0.2) is 0 Å². The first-order chi connectivity index (χ1) is 7.92. The van der Waals surface area contributed by atoms with E-state index in [1.54, 1.807) is 0 Å². The highest BCUT2D eigenvalue weighted by Gasteiger charge is 2.38. The van der Waals surface area contributed by atoms with Gasteiger partial charge in [-0.2, -0.15) is 0 Å². The Morgan fingerprint density at radius 1 is 1.19 bits per heavy atom. The third kappa shape index (κ3) is 2.12. The normalized spacial score (nSPS) is 32.1. The highest BCUT2D eigenvalue weighted by atomic mass is 14.9. The van der Waals surface area contributed by atoms with Crippen LogP contribution < -0.4 is 5.32 Å². The van der Waals surface area contributed by atoms with Crippen LogP contribution in [0.5, 0.6) is 0 Å². The summed E-state index contributed by atoms with van der Waals surface area (Å²) in [4.78, 5) is 4.04. The predicted octanol–water partition coefficient (Wildman–Crippen LogP) is 2.40. The zero-order valence-corrected chi connectivity index (χ0v) is 9.73. The Morgan fingerprint density at radius 2 is 2.06 bits per heavy atom. The number of pyridine rings is 1. The van der Waals surface area contributed by atoms with Gasteiger partial charge in [-0.3, -0.25) is 4.98 Å². The minimum Gasteiger partial charge on any atom is -0.313 e. The molecule has 1 aromatic rings. The number of aromatic nitrogens is 1. The van der Waals surface area contributed by atoms with E-state index in [0.29, 0.717) is 0 Å². The largest absolute Gasteiger partial charge is 0.313 e. The summed E-state index contributed by atoms with van der Waals surface area (Å²) in [6.45, 7) is 1.12. The van der Waals surface area contributed by atoms with Crippen LogP contribution in [-0.2, 0) is 6.42 Å². The van der Waals surface area contributed by atoms with E-state index in [0.717, 1.165) is 30.8 Å². The van der Waals surface area contributed by atoms with Crippen molar-refractivity contribution in [3.8, 4) is 0 Å². The Bertz CT molecular complexity index is 336. The van der Waals surface area contributed by atoms with Crippen LogP contribution in [0.2, 0.25) is 0 Å². The zero-order valence-electron chi connectivity index (χ0n) is 9.73. The van der Waals surface area contributed by atoms with Crippen LogP contribution in [-0.4, -0.2) is 17.6 Å². The smallest absolute Gasteiger partial charge is 0.0270 e. The maximum Gasteiger partial charge on any atom is 0.0270 e. The molecule has 2 heteroatoms. The van der Waals surface area contributed by atoms with E-state index in [1.807, 2.05) is 12.4 Å². The van der Waals surface area contributed by atoms with Crippen molar-refractivity contribution in [1.82, 2.24) is 10.3 Å². The maximum absolute atomic E-state index is 4.04. The summed E-state index contributed by atoms with van der Waals surface area (Å²) in [5.41, 5.74) is 1.39. The van der Waals surface area contributed by atoms with Gasteiger partial charge in [-0.15, -0.1) is 0 Å². The van der Waals surface area contributed by atoms with Gasteiger partial charge < -0.3 is 5.32 Å². The molecule has 86 valence electrons. The average molecular weight is 216 g/mol. The van der Waals surface area contributed by atoms with Gasteiger partial charge in [-0.05, 0) is 61.8 Å². The molecule has 3 unspecified atom stereocenters. The molecule has 2 fully saturated rings. The fourth-order valence-electron chi connectivity index (χ4n) is 3.45. The van der Waals surface area contributed by atoms with Crippen LogP contribution >= 0.6 is 0 Å². The molecule has 0 saturated heterocycles. The van der Waals surface area contributed by atoms with Crippen molar-refractivity contribution in [1.29, 1.82) is 0 Å². The molecular weight excluding hydrogens is 196 g/mol. The molecule has 2 aliphatic carbocycles. The second kappa shape index (κ2) is 4.54. The van der Waals surface area contributed by atoms with Gasteiger partial charge in [0, 0.05) is 18.4 Å². The van der Waals surface area contributed by atoms with Crippen molar-refractivity contribution in [3.63, 3.8) is 0 Å². The van der Waals surface area contributed by atoms with E-state index in [1.165, 1.54) is 31.2 Å². The summed E-state index contributed by atoms with van der Waals surface area (Å²) in [5, 5.41) is 3.74. The van der Waals surface area contributed by atoms with Gasteiger partial charge in [0.1, 0.15) is 0 Å². The van der Waals surface area contributed by atoms with Gasteiger partial charge in [0.25, 0.3) is 0 Å². The van der Waals surface area contributed by atoms with Crippen molar-refractivity contribution >= 4 is 0 Å². The Kier molecular flexibility index (Phi) is 2.92. The standard InChI is InChI=1S/C14H20N2/c1-2-13-9-12(1)10-14(13)16-8-5-11-3-6-15-7-4-11/h3-4,6-7,12-14,16H,1-2,5,8-10H2. The summed E-state index contributed by atoms with van der Waals surface area (Å²) >= 11 is 0. The van der Waals surface area contributed by atoms with Gasteiger partial charge in [0.05, 0.1) is 0 Å². The van der Waals surface area contributed by atoms with E-state index in [4.69, 9.17) is 0 Å². The van der Waals surface area contributed by atoms with Crippen molar-refractivity contribution in [2.75, 3.05) is 6.54 Å². The molecule has 3 atom stereocenters. The van der Waals surface area contributed by atoms with E-state index >= 15 is 0 Å². The third-order valence-electron chi connectivity index (χ3n) is 4.31. The molecule has 0 radical (unpaired) electrons. The minimum absolute atomic E-state index is 0.820. The summed E-state index contributed by atoms with van der Waals surface area (Å²) in [6.07, 6.45) is 10.8. The molecule has 2 saturated carbocycles. The van der Waals surface area contributed by atoms with Gasteiger partial charge in [-0.1, -0.05) is 6.42 Å². The quantitative estimate of drug-likeness (QED) is 0.836. The second-order valence-electron chi connectivity index (χ2n) is 5.34. The predicted molar refractivity (Wildman–Crippen MR) is 65.2 cm³/mol. The molecule has 0 amide bonds. The Hall–Kier alpha value is -0.890. The molecule has 1 heterocycles. The first-order valence-corrected chi connectivity index (χ1v) is 6.54. The lowest BCUT2D eigenvalue weighted by Gasteiger charge is -2.22. The van der Waals surface area contributed by atoms with E-state index in [2.05, 4.69) is 22.4 Å². The van der Waals surface area contributed by atoms with Crippen LogP contribution in [0.3, 0.4) is 0 Å². The lowest BCUT2D eigenvalue weighted by Crippen LogP contribution is -2.35. The van der Waals surface area contributed by atoms with E-state index < -0.39 is 0 Å². The molecule has 1 aromatic heterocycles. The lowest BCUT2D eigenvalue weighted by molar-refractivity contribution is 0.354. The van der Waals surface area contributed by atoms with Crippen molar-refractivity contribution in [2.24, 2.45) is 11.8 Å². The van der Waals surface area contributed by atoms with Crippen molar-refractivity contribution in [3.05, 3.63) is 30.1 Å². The zero-order chi connectivity index (χ0) is 10.8. The number of nitrogens with zero attached hydrogens (tertiary/aromatic N) is 1. The topological polar surface area (TPSA) is 24.9 Å². The fraction of sp³-hybridized carbons (Fsp3) is 0.643. The first-order valence-electron chi connectivity index (χ1n) is 6.54. The minimum atomic E-state index is 0.820. The number of hydrogen-bond donors (Lipinski definition) is 1. The lowest BCUT2D eigenvalue weighted by atomic mass is 9.95. The summed E-state index contributed by atoms with van der Waals surface area (Å²) in [5.74, 6) is 2.03. The average Bonchev–Trinajstić information content (AvgIpc) is 2.92. The molecule has 16 heavy (non-hydrogen) atoms. The van der Waals surface area contributed by atoms with Gasteiger partial charge in [0.2, 0.25) is 0 Å². The van der Waals surface area contributed by atoms with Crippen LogP contribution in [0.4, 0.5) is 0 Å². The third-order valence-corrected chi connectivity index (χ3v) is 4.31. The van der Waals surface area contributed by atoms with Crippen LogP contribution in [0.25, 0.3) is 0 Å². The van der Waals surface area contributed by atoms with Gasteiger partial charge >= 0.3 is 0 Å². The second-order valence-corrected chi connectivity index (χ2v) is 5.34. The maximum atomic E-state index is 4.04. The molecule has 0 aliphatic heterocycles. The molecule has 3 rings (SSSR count). The highest BCUT2D eigenvalue weighted by Crippen LogP contribution is 2.44. The molecule has 0 spiro atoms. The number of nitrogens with one attached hydrogen (secondary N) is 1. The molecular formula is C14H20N2. The Labute approximate surface area is 97.5 Å². The van der Waals surface area contributed by atoms with E-state index in [-0.39, 0.29) is 0 Å². The number of hydrogen-bond acceptors (Lipinski definition) is 2. The van der Waals surface area contributed by atoms with Gasteiger partial charge in [-0.25, -0.2) is 0 Å². The molecule has 2 nitrogen and oxygen atoms in total. The summed E-state index contributed by atoms with van der Waals surface area (Å²) in [7, 11) is 0. The van der Waals surface area contributed by atoms with Crippen LogP contribution in [0.15, 0.2) is 24.5 Å². The SMILES string of the molecule is c1cc(CCNC2CC3CCC2C3)ccn1. The molecule has 2 aliphatic rings. The fourth-order valence-corrected chi connectivity index (χ4v) is 3.45. The first kappa shape index (κ1) is 10.3. The van der Waals surface area contributed by atoms with E-state index in [9.17, 15) is 0 Å². The molecule has 2 bridgehead atoms. The Balaban J connectivity index is 1.44. The number of fused-ring (bicyclic) bond motifs is 2. The summed E-state index contributed by atoms with van der Waals surface area (Å²) in [6, 6.07) is 5.05. The Morgan fingerprint density at radius 3 is 2.75 bits per heavy atom. The number of rotatable bonds is 4. The van der Waals surface area contributed by atoms with Crippen LogP contribution in [0, 0.1) is 11.8 Å². The van der Waals surface area contributed by atoms with Crippen molar-refractivity contribution < 1.29 is 0 Å². The highest BCUT2D eigenvalue weighted by molar-refractivity contribution is 5.10. The van der Waals surface area contributed by atoms with Crippen LogP contribution in [0.1, 0.15) is 31.2 Å². The summed E-state index contributed by atoms with van der Waals surface area (Å²) < 4.78 is 0. The van der Waals surface area contributed by atoms with Crippen molar-refractivity contribution in [2.45, 2.75) is 38.1 Å². The monoisotopic (exact) mass is 216 g/mol. The molecule has 1 N–H and O–H groups in total. The molecule has 0 aromatic carbocycles.